The molecule has 3 nitrogen and oxygen atoms in total. The molecule has 0 amide bonds. The van der Waals surface area contributed by atoms with E-state index in [1.54, 1.807) is 0 Å². The van der Waals surface area contributed by atoms with Gasteiger partial charge in [0.25, 0.3) is 0 Å². The first-order valence-corrected chi connectivity index (χ1v) is 6.42. The van der Waals surface area contributed by atoms with E-state index in [1.807, 2.05) is 30.3 Å². The van der Waals surface area contributed by atoms with Crippen LogP contribution in [0.25, 0.3) is 0 Å². The largest absolute Gasteiger partial charge is 0.492 e. The molecule has 2 N–H and O–H groups in total. The van der Waals surface area contributed by atoms with Crippen molar-refractivity contribution in [1.29, 1.82) is 0 Å². The summed E-state index contributed by atoms with van der Waals surface area (Å²) in [5.74, 6) is 1.35. The molecule has 1 fully saturated rings. The van der Waals surface area contributed by atoms with Crippen molar-refractivity contribution in [3.8, 4) is 5.75 Å². The Bertz CT molecular complexity index is 315. The number of benzene rings is 1. The zero-order chi connectivity index (χ0) is 11.9. The molecule has 0 aliphatic heterocycles. The summed E-state index contributed by atoms with van der Waals surface area (Å²) in [5, 5.41) is 12.7. The van der Waals surface area contributed by atoms with E-state index in [4.69, 9.17) is 4.74 Å². The van der Waals surface area contributed by atoms with Crippen LogP contribution in [-0.4, -0.2) is 30.9 Å². The van der Waals surface area contributed by atoms with Gasteiger partial charge in [0.1, 0.15) is 12.4 Å². The van der Waals surface area contributed by atoms with Crippen LogP contribution in [0.4, 0.5) is 0 Å². The van der Waals surface area contributed by atoms with E-state index < -0.39 is 0 Å². The average molecular weight is 235 g/mol. The number of nitrogens with one attached hydrogen (secondary N) is 1. The molecule has 1 saturated carbocycles. The van der Waals surface area contributed by atoms with E-state index in [0.29, 0.717) is 25.2 Å². The molecule has 17 heavy (non-hydrogen) atoms. The maximum Gasteiger partial charge on any atom is 0.119 e. The molecule has 0 aromatic heterocycles. The van der Waals surface area contributed by atoms with Crippen molar-refractivity contribution in [2.75, 3.05) is 19.8 Å². The lowest BCUT2D eigenvalue weighted by Gasteiger charge is -2.19. The van der Waals surface area contributed by atoms with E-state index >= 15 is 0 Å². The van der Waals surface area contributed by atoms with Crippen LogP contribution in [0.3, 0.4) is 0 Å². The molecule has 0 saturated heterocycles. The molecule has 2 atom stereocenters. The van der Waals surface area contributed by atoms with Gasteiger partial charge in [0.05, 0.1) is 0 Å². The van der Waals surface area contributed by atoms with Crippen molar-refractivity contribution in [1.82, 2.24) is 5.32 Å². The van der Waals surface area contributed by atoms with Crippen molar-refractivity contribution in [3.63, 3.8) is 0 Å². The summed E-state index contributed by atoms with van der Waals surface area (Å²) < 4.78 is 5.61. The Hall–Kier alpha value is -1.06. The van der Waals surface area contributed by atoms with Crippen molar-refractivity contribution >= 4 is 0 Å². The van der Waals surface area contributed by atoms with E-state index in [2.05, 4.69) is 5.32 Å². The quantitative estimate of drug-likeness (QED) is 0.739. The minimum Gasteiger partial charge on any atom is -0.492 e. The second kappa shape index (κ2) is 6.62. The number of aliphatic hydroxyl groups excluding tert-OH is 1. The van der Waals surface area contributed by atoms with Crippen molar-refractivity contribution < 1.29 is 9.84 Å². The molecule has 2 rings (SSSR count). The predicted octanol–water partition coefficient (Wildman–Crippen LogP) is 1.82. The smallest absolute Gasteiger partial charge is 0.119 e. The molecule has 3 heteroatoms. The summed E-state index contributed by atoms with van der Waals surface area (Å²) in [4.78, 5) is 0. The van der Waals surface area contributed by atoms with E-state index in [9.17, 15) is 5.11 Å². The second-order valence-electron chi connectivity index (χ2n) is 4.60. The molecular formula is C14H21NO2. The molecule has 0 radical (unpaired) electrons. The van der Waals surface area contributed by atoms with Gasteiger partial charge in [0.2, 0.25) is 0 Å². The number of rotatable bonds is 6. The SMILES string of the molecule is OCC1CCCC1NCCOc1ccccc1. The van der Waals surface area contributed by atoms with Crippen molar-refractivity contribution in [2.24, 2.45) is 5.92 Å². The molecule has 1 aliphatic carbocycles. The zero-order valence-electron chi connectivity index (χ0n) is 10.1. The highest BCUT2D eigenvalue weighted by atomic mass is 16.5. The van der Waals surface area contributed by atoms with Gasteiger partial charge >= 0.3 is 0 Å². The summed E-state index contributed by atoms with van der Waals surface area (Å²) in [6.07, 6.45) is 3.55. The maximum atomic E-state index is 9.20. The Balaban J connectivity index is 1.63. The van der Waals surface area contributed by atoms with Crippen LogP contribution in [0.5, 0.6) is 5.75 Å². The third kappa shape index (κ3) is 3.72. The van der Waals surface area contributed by atoms with E-state index in [0.717, 1.165) is 18.7 Å². The van der Waals surface area contributed by atoms with Crippen LogP contribution >= 0.6 is 0 Å². The fraction of sp³-hybridized carbons (Fsp3) is 0.571. The average Bonchev–Trinajstić information content (AvgIpc) is 2.83. The molecule has 2 unspecified atom stereocenters. The highest BCUT2D eigenvalue weighted by molar-refractivity contribution is 5.20. The molecule has 0 bridgehead atoms. The third-order valence-electron chi connectivity index (χ3n) is 3.41. The second-order valence-corrected chi connectivity index (χ2v) is 4.60. The van der Waals surface area contributed by atoms with Gasteiger partial charge in [-0.1, -0.05) is 24.6 Å². The molecule has 1 aromatic carbocycles. The molecule has 94 valence electrons. The molecular weight excluding hydrogens is 214 g/mol. The monoisotopic (exact) mass is 235 g/mol. The lowest BCUT2D eigenvalue weighted by molar-refractivity contribution is 0.201. The van der Waals surface area contributed by atoms with Gasteiger partial charge in [0.15, 0.2) is 0 Å². The van der Waals surface area contributed by atoms with Gasteiger partial charge < -0.3 is 15.2 Å². The van der Waals surface area contributed by atoms with E-state index in [1.165, 1.54) is 12.8 Å². The summed E-state index contributed by atoms with van der Waals surface area (Å²) in [7, 11) is 0. The van der Waals surface area contributed by atoms with Gasteiger partial charge in [-0.15, -0.1) is 0 Å². The first-order chi connectivity index (χ1) is 8.40. The normalized spacial score (nSPS) is 23.8. The first-order valence-electron chi connectivity index (χ1n) is 6.42. The van der Waals surface area contributed by atoms with Crippen molar-refractivity contribution in [2.45, 2.75) is 25.3 Å². The lowest BCUT2D eigenvalue weighted by atomic mass is 10.1. The standard InChI is InChI=1S/C14H21NO2/c16-11-12-5-4-8-14(12)15-9-10-17-13-6-2-1-3-7-13/h1-3,6-7,12,14-16H,4-5,8-11H2. The summed E-state index contributed by atoms with van der Waals surface area (Å²) >= 11 is 0. The van der Waals surface area contributed by atoms with Crippen LogP contribution in [0.2, 0.25) is 0 Å². The van der Waals surface area contributed by atoms with Gasteiger partial charge in [-0.3, -0.25) is 0 Å². The Morgan fingerprint density at radius 1 is 1.24 bits per heavy atom. The molecule has 0 heterocycles. The summed E-state index contributed by atoms with van der Waals surface area (Å²) in [6.45, 7) is 1.83. The van der Waals surface area contributed by atoms with Crippen LogP contribution in [-0.2, 0) is 0 Å². The van der Waals surface area contributed by atoms with Crippen LogP contribution < -0.4 is 10.1 Å². The highest BCUT2D eigenvalue weighted by Gasteiger charge is 2.25. The maximum absolute atomic E-state index is 9.20. The number of hydrogen-bond donors (Lipinski definition) is 2. The number of ether oxygens (including phenoxy) is 1. The van der Waals surface area contributed by atoms with Gasteiger partial charge in [-0.05, 0) is 30.9 Å². The fourth-order valence-corrected chi connectivity index (χ4v) is 2.45. The Morgan fingerprint density at radius 2 is 2.06 bits per heavy atom. The minimum absolute atomic E-state index is 0.303. The fourth-order valence-electron chi connectivity index (χ4n) is 2.45. The highest BCUT2D eigenvalue weighted by Crippen LogP contribution is 2.24. The Labute approximate surface area is 103 Å². The van der Waals surface area contributed by atoms with Crippen LogP contribution in [0, 0.1) is 5.92 Å². The predicted molar refractivity (Wildman–Crippen MR) is 68.2 cm³/mol. The van der Waals surface area contributed by atoms with Gasteiger partial charge in [0, 0.05) is 19.2 Å². The molecule has 1 aromatic rings. The molecule has 0 spiro atoms. The third-order valence-corrected chi connectivity index (χ3v) is 3.41. The topological polar surface area (TPSA) is 41.5 Å². The number of aliphatic hydroxyl groups is 1. The van der Waals surface area contributed by atoms with Gasteiger partial charge in [-0.25, -0.2) is 0 Å². The first kappa shape index (κ1) is 12.4. The van der Waals surface area contributed by atoms with Crippen LogP contribution in [0.15, 0.2) is 30.3 Å². The Kier molecular flexibility index (Phi) is 4.83. The number of hydrogen-bond acceptors (Lipinski definition) is 3. The summed E-state index contributed by atoms with van der Waals surface area (Å²) in [6, 6.07) is 10.3. The van der Waals surface area contributed by atoms with Crippen LogP contribution in [0.1, 0.15) is 19.3 Å². The molecule has 1 aliphatic rings. The Morgan fingerprint density at radius 3 is 2.82 bits per heavy atom. The zero-order valence-corrected chi connectivity index (χ0v) is 10.1. The van der Waals surface area contributed by atoms with Crippen molar-refractivity contribution in [3.05, 3.63) is 30.3 Å². The minimum atomic E-state index is 0.303. The summed E-state index contributed by atoms with van der Waals surface area (Å²) in [5.41, 5.74) is 0. The lowest BCUT2D eigenvalue weighted by Crippen LogP contribution is -2.36. The van der Waals surface area contributed by atoms with Gasteiger partial charge in [-0.2, -0.15) is 0 Å². The number of para-hydroxylation sites is 1. The van der Waals surface area contributed by atoms with E-state index in [-0.39, 0.29) is 0 Å².